The molecule has 0 radical (unpaired) electrons. The zero-order valence-corrected chi connectivity index (χ0v) is 10.7. The molecule has 1 nitrogen and oxygen atoms in total. The number of hydrogen-bond acceptors (Lipinski definition) is 1. The Kier molecular flexibility index (Phi) is 2.62. The lowest BCUT2D eigenvalue weighted by molar-refractivity contribution is -0.102. The predicted octanol–water partition coefficient (Wildman–Crippen LogP) is 3.94. The van der Waals surface area contributed by atoms with Gasteiger partial charge in [-0.3, -0.25) is 0 Å². The highest BCUT2D eigenvalue weighted by Gasteiger charge is 2.46. The zero-order valence-electron chi connectivity index (χ0n) is 10.7. The van der Waals surface area contributed by atoms with Crippen LogP contribution in [0.1, 0.15) is 52.4 Å². The fourth-order valence-corrected chi connectivity index (χ4v) is 4.41. The predicted molar refractivity (Wildman–Crippen MR) is 66.3 cm³/mol. The molecule has 1 aliphatic heterocycles. The van der Waals surface area contributed by atoms with Crippen molar-refractivity contribution in [3.8, 4) is 0 Å². The van der Waals surface area contributed by atoms with E-state index in [0.717, 1.165) is 24.4 Å². The van der Waals surface area contributed by atoms with Crippen LogP contribution in [0.25, 0.3) is 0 Å². The van der Waals surface area contributed by atoms with E-state index in [0.29, 0.717) is 0 Å². The van der Waals surface area contributed by atoms with Crippen LogP contribution in [0.5, 0.6) is 0 Å². The molecule has 1 heterocycles. The molecule has 16 heavy (non-hydrogen) atoms. The lowest BCUT2D eigenvalue weighted by Crippen LogP contribution is -2.48. The lowest BCUT2D eigenvalue weighted by Gasteiger charge is -2.50. The summed E-state index contributed by atoms with van der Waals surface area (Å²) in [5.74, 6) is 2.60. The second kappa shape index (κ2) is 3.87. The van der Waals surface area contributed by atoms with E-state index in [-0.39, 0.29) is 5.60 Å². The van der Waals surface area contributed by atoms with E-state index in [2.05, 4.69) is 19.9 Å². The summed E-state index contributed by atoms with van der Waals surface area (Å²) < 4.78 is 6.04. The summed E-state index contributed by atoms with van der Waals surface area (Å²) in [7, 11) is 0. The van der Waals surface area contributed by atoms with Gasteiger partial charge in [0, 0.05) is 5.92 Å². The first-order valence-electron chi connectivity index (χ1n) is 7.01. The van der Waals surface area contributed by atoms with Crippen LogP contribution in [0.4, 0.5) is 0 Å². The molecular formula is C15H24O. The van der Waals surface area contributed by atoms with E-state index in [1.165, 1.54) is 38.5 Å². The highest BCUT2D eigenvalue weighted by molar-refractivity contribution is 5.20. The molecule has 0 aromatic carbocycles. The van der Waals surface area contributed by atoms with E-state index >= 15 is 0 Å². The van der Waals surface area contributed by atoms with Crippen molar-refractivity contribution in [2.45, 2.75) is 58.0 Å². The summed E-state index contributed by atoms with van der Waals surface area (Å²) in [4.78, 5) is 0. The second-order valence-electron chi connectivity index (χ2n) is 6.40. The Morgan fingerprint density at radius 2 is 2.06 bits per heavy atom. The maximum Gasteiger partial charge on any atom is 0.0694 e. The van der Waals surface area contributed by atoms with E-state index in [1.54, 1.807) is 5.57 Å². The molecule has 3 rings (SSSR count). The number of hydrogen-bond donors (Lipinski definition) is 0. The monoisotopic (exact) mass is 220 g/mol. The fraction of sp³-hybridized carbons (Fsp3) is 0.867. The Bertz CT molecular complexity index is 303. The normalized spacial score (nSPS) is 41.9. The number of allylic oxidation sites excluding steroid dienone is 1. The molecule has 3 atom stereocenters. The van der Waals surface area contributed by atoms with Gasteiger partial charge < -0.3 is 4.74 Å². The van der Waals surface area contributed by atoms with E-state index in [9.17, 15) is 0 Å². The van der Waals surface area contributed by atoms with Crippen molar-refractivity contribution >= 4 is 0 Å². The second-order valence-corrected chi connectivity index (χ2v) is 6.40. The van der Waals surface area contributed by atoms with Crippen LogP contribution in [0.3, 0.4) is 0 Å². The first-order chi connectivity index (χ1) is 7.68. The van der Waals surface area contributed by atoms with Crippen molar-refractivity contribution in [2.75, 3.05) is 6.61 Å². The summed E-state index contributed by atoms with van der Waals surface area (Å²) >= 11 is 0. The van der Waals surface area contributed by atoms with Gasteiger partial charge in [0.2, 0.25) is 0 Å². The van der Waals surface area contributed by atoms with E-state index in [1.807, 2.05) is 0 Å². The quantitative estimate of drug-likeness (QED) is 0.562. The van der Waals surface area contributed by atoms with Crippen molar-refractivity contribution < 1.29 is 4.74 Å². The van der Waals surface area contributed by atoms with Gasteiger partial charge in [-0.05, 0) is 51.4 Å². The topological polar surface area (TPSA) is 9.23 Å². The first-order valence-corrected chi connectivity index (χ1v) is 7.01. The molecule has 1 saturated carbocycles. The third-order valence-corrected chi connectivity index (χ3v) is 5.09. The SMILES string of the molecule is CC1(C)OCCC2=CCC3CCCCC3C21. The van der Waals surface area contributed by atoms with Gasteiger partial charge in [0.25, 0.3) is 0 Å². The van der Waals surface area contributed by atoms with E-state index in [4.69, 9.17) is 4.74 Å². The molecule has 2 aliphatic carbocycles. The van der Waals surface area contributed by atoms with Crippen LogP contribution in [0.15, 0.2) is 11.6 Å². The minimum absolute atomic E-state index is 0.0881. The summed E-state index contributed by atoms with van der Waals surface area (Å²) in [5, 5.41) is 0. The largest absolute Gasteiger partial charge is 0.375 e. The van der Waals surface area contributed by atoms with Gasteiger partial charge in [0.1, 0.15) is 0 Å². The molecule has 0 spiro atoms. The molecule has 3 aliphatic rings. The minimum Gasteiger partial charge on any atom is -0.375 e. The molecule has 2 fully saturated rings. The molecule has 1 saturated heterocycles. The van der Waals surface area contributed by atoms with Crippen LogP contribution < -0.4 is 0 Å². The van der Waals surface area contributed by atoms with Crippen molar-refractivity contribution in [1.82, 2.24) is 0 Å². The summed E-state index contributed by atoms with van der Waals surface area (Å²) in [5.41, 5.74) is 1.81. The maximum atomic E-state index is 6.04. The van der Waals surface area contributed by atoms with Crippen LogP contribution in [-0.2, 0) is 4.74 Å². The Morgan fingerprint density at radius 1 is 1.25 bits per heavy atom. The third kappa shape index (κ3) is 1.64. The van der Waals surface area contributed by atoms with Crippen molar-refractivity contribution in [3.05, 3.63) is 11.6 Å². The van der Waals surface area contributed by atoms with Crippen LogP contribution >= 0.6 is 0 Å². The van der Waals surface area contributed by atoms with Crippen LogP contribution in [0.2, 0.25) is 0 Å². The summed E-state index contributed by atoms with van der Waals surface area (Å²) in [6.45, 7) is 5.55. The Hall–Kier alpha value is -0.300. The highest BCUT2D eigenvalue weighted by atomic mass is 16.5. The van der Waals surface area contributed by atoms with Gasteiger partial charge in [0.05, 0.1) is 12.2 Å². The van der Waals surface area contributed by atoms with Crippen molar-refractivity contribution in [2.24, 2.45) is 17.8 Å². The molecule has 0 N–H and O–H groups in total. The average molecular weight is 220 g/mol. The summed E-state index contributed by atoms with van der Waals surface area (Å²) in [6.07, 6.45) is 10.9. The minimum atomic E-state index is 0.0881. The molecule has 1 heteroatoms. The maximum absolute atomic E-state index is 6.04. The lowest BCUT2D eigenvalue weighted by atomic mass is 9.60. The standard InChI is InChI=1S/C15H24O/c1-15(2)14-12(9-10-16-15)8-7-11-5-3-4-6-13(11)14/h8,11,13-14H,3-7,9-10H2,1-2H3. The van der Waals surface area contributed by atoms with Gasteiger partial charge in [0.15, 0.2) is 0 Å². The number of fused-ring (bicyclic) bond motifs is 3. The molecular weight excluding hydrogens is 196 g/mol. The van der Waals surface area contributed by atoms with Gasteiger partial charge in [-0.15, -0.1) is 0 Å². The fourth-order valence-electron chi connectivity index (χ4n) is 4.41. The van der Waals surface area contributed by atoms with Crippen LogP contribution in [0, 0.1) is 17.8 Å². The van der Waals surface area contributed by atoms with Gasteiger partial charge in [-0.1, -0.05) is 24.5 Å². The summed E-state index contributed by atoms with van der Waals surface area (Å²) in [6, 6.07) is 0. The Balaban J connectivity index is 1.92. The van der Waals surface area contributed by atoms with Crippen molar-refractivity contribution in [1.29, 1.82) is 0 Å². The van der Waals surface area contributed by atoms with Crippen LogP contribution in [-0.4, -0.2) is 12.2 Å². The molecule has 0 amide bonds. The highest BCUT2D eigenvalue weighted by Crippen LogP contribution is 2.51. The van der Waals surface area contributed by atoms with Gasteiger partial charge in [-0.2, -0.15) is 0 Å². The van der Waals surface area contributed by atoms with Gasteiger partial charge in [-0.25, -0.2) is 0 Å². The van der Waals surface area contributed by atoms with Crippen molar-refractivity contribution in [3.63, 3.8) is 0 Å². The zero-order chi connectivity index (χ0) is 11.2. The molecule has 0 aromatic rings. The third-order valence-electron chi connectivity index (χ3n) is 5.09. The number of rotatable bonds is 0. The molecule has 3 unspecified atom stereocenters. The Morgan fingerprint density at radius 3 is 2.94 bits per heavy atom. The molecule has 0 aromatic heterocycles. The molecule has 0 bridgehead atoms. The van der Waals surface area contributed by atoms with E-state index < -0.39 is 0 Å². The smallest absolute Gasteiger partial charge is 0.0694 e. The average Bonchev–Trinajstić information content (AvgIpc) is 2.28. The number of ether oxygens (including phenoxy) is 1. The Labute approximate surface area is 99.3 Å². The van der Waals surface area contributed by atoms with Gasteiger partial charge >= 0.3 is 0 Å². The first kappa shape index (κ1) is 10.8. The molecule has 90 valence electrons.